The summed E-state index contributed by atoms with van der Waals surface area (Å²) in [6.07, 6.45) is 0.966. The average Bonchev–Trinajstić information content (AvgIpc) is 2.74. The number of carboxylic acid groups (broad SMARTS) is 1. The van der Waals surface area contributed by atoms with Gasteiger partial charge in [-0.2, -0.15) is 0 Å². The first kappa shape index (κ1) is 22.1. The van der Waals surface area contributed by atoms with Gasteiger partial charge in [0, 0.05) is 18.2 Å². The first-order valence-electron chi connectivity index (χ1n) is 9.32. The number of aliphatic carboxylic acids is 1. The van der Waals surface area contributed by atoms with Crippen molar-refractivity contribution in [2.75, 3.05) is 21.3 Å². The molecule has 2 aromatic rings. The van der Waals surface area contributed by atoms with Crippen molar-refractivity contribution in [3.8, 4) is 17.2 Å². The summed E-state index contributed by atoms with van der Waals surface area (Å²) in [5.74, 6) is 0.0682. The lowest BCUT2D eigenvalue weighted by Crippen LogP contribution is -2.24. The van der Waals surface area contributed by atoms with E-state index in [0.29, 0.717) is 35.7 Å². The minimum Gasteiger partial charge on any atom is -0.497 e. The monoisotopic (exact) mass is 401 g/mol. The molecule has 1 unspecified atom stereocenters. The van der Waals surface area contributed by atoms with Crippen LogP contribution in [0.4, 0.5) is 0 Å². The molecule has 0 saturated heterocycles. The van der Waals surface area contributed by atoms with E-state index in [2.05, 4.69) is 5.32 Å². The second-order valence-electron chi connectivity index (χ2n) is 6.54. The molecule has 0 aliphatic carbocycles. The van der Waals surface area contributed by atoms with Crippen molar-refractivity contribution < 1.29 is 28.9 Å². The number of carboxylic acids is 1. The Bertz CT molecular complexity index is 864. The van der Waals surface area contributed by atoms with E-state index in [9.17, 15) is 14.7 Å². The number of rotatable bonds is 10. The minimum absolute atomic E-state index is 0.231. The van der Waals surface area contributed by atoms with Gasteiger partial charge in [0.15, 0.2) is 0 Å². The van der Waals surface area contributed by atoms with Crippen LogP contribution in [0, 0.1) is 5.92 Å². The van der Waals surface area contributed by atoms with Crippen LogP contribution < -0.4 is 19.5 Å². The van der Waals surface area contributed by atoms with Crippen molar-refractivity contribution in [2.45, 2.75) is 26.3 Å². The van der Waals surface area contributed by atoms with Crippen LogP contribution in [0.25, 0.3) is 0 Å². The number of carbonyl (C=O) groups excluding carboxylic acids is 1. The molecule has 1 atom stereocenters. The van der Waals surface area contributed by atoms with Gasteiger partial charge in [-0.05, 0) is 36.6 Å². The highest BCUT2D eigenvalue weighted by Crippen LogP contribution is 2.26. The van der Waals surface area contributed by atoms with Crippen LogP contribution in [0.1, 0.15) is 34.8 Å². The molecule has 0 radical (unpaired) electrons. The third kappa shape index (κ3) is 5.63. The van der Waals surface area contributed by atoms with Gasteiger partial charge in [-0.15, -0.1) is 0 Å². The Morgan fingerprint density at radius 1 is 1.00 bits per heavy atom. The number of carbonyl (C=O) groups is 2. The molecule has 0 heterocycles. The lowest BCUT2D eigenvalue weighted by atomic mass is 9.95. The highest BCUT2D eigenvalue weighted by atomic mass is 16.5. The van der Waals surface area contributed by atoms with Crippen LogP contribution >= 0.6 is 0 Å². The number of ether oxygens (including phenoxy) is 3. The molecule has 0 aliphatic heterocycles. The summed E-state index contributed by atoms with van der Waals surface area (Å²) >= 11 is 0. The fourth-order valence-corrected chi connectivity index (χ4v) is 3.04. The summed E-state index contributed by atoms with van der Waals surface area (Å²) in [7, 11) is 4.59. The molecule has 0 saturated carbocycles. The third-order valence-corrected chi connectivity index (χ3v) is 4.76. The van der Waals surface area contributed by atoms with E-state index in [0.717, 1.165) is 11.1 Å². The molecule has 2 aromatic carbocycles. The molecule has 7 heteroatoms. The molecule has 0 fully saturated rings. The molecule has 0 spiro atoms. The standard InChI is InChI=1S/C22H27NO6/c1-5-15(22(25)26)10-14-6-9-19(28-3)16(11-14)13-23-21(24)18-8-7-17(27-2)12-20(18)29-4/h6-9,11-12,15H,5,10,13H2,1-4H3,(H,23,24)(H,25,26). The molecule has 29 heavy (non-hydrogen) atoms. The van der Waals surface area contributed by atoms with E-state index < -0.39 is 11.9 Å². The largest absolute Gasteiger partial charge is 0.497 e. The Kier molecular flexibility index (Phi) is 7.88. The molecule has 0 aliphatic rings. The molecule has 1 amide bonds. The van der Waals surface area contributed by atoms with Crippen LogP contribution in [-0.2, 0) is 17.8 Å². The Hall–Kier alpha value is -3.22. The van der Waals surface area contributed by atoms with E-state index >= 15 is 0 Å². The predicted molar refractivity (Wildman–Crippen MR) is 109 cm³/mol. The van der Waals surface area contributed by atoms with Crippen molar-refractivity contribution in [3.63, 3.8) is 0 Å². The summed E-state index contributed by atoms with van der Waals surface area (Å²) in [6.45, 7) is 2.08. The van der Waals surface area contributed by atoms with Gasteiger partial charge >= 0.3 is 5.97 Å². The summed E-state index contributed by atoms with van der Waals surface area (Å²) in [5, 5.41) is 12.2. The fraction of sp³-hybridized carbons (Fsp3) is 0.364. The highest BCUT2D eigenvalue weighted by Gasteiger charge is 2.17. The van der Waals surface area contributed by atoms with Crippen LogP contribution in [0.15, 0.2) is 36.4 Å². The topological polar surface area (TPSA) is 94.1 Å². The maximum atomic E-state index is 12.6. The maximum Gasteiger partial charge on any atom is 0.306 e. The van der Waals surface area contributed by atoms with E-state index in [-0.39, 0.29) is 12.5 Å². The van der Waals surface area contributed by atoms with Crippen molar-refractivity contribution in [2.24, 2.45) is 5.92 Å². The normalized spacial score (nSPS) is 11.4. The van der Waals surface area contributed by atoms with Gasteiger partial charge in [-0.3, -0.25) is 9.59 Å². The molecule has 156 valence electrons. The Balaban J connectivity index is 2.17. The lowest BCUT2D eigenvalue weighted by Gasteiger charge is -2.15. The molecule has 2 rings (SSSR count). The predicted octanol–water partition coefficient (Wildman–Crippen LogP) is 3.30. The SMILES string of the molecule is CCC(Cc1ccc(OC)c(CNC(=O)c2ccc(OC)cc2OC)c1)C(=O)O. The van der Waals surface area contributed by atoms with Gasteiger partial charge in [-0.1, -0.05) is 19.1 Å². The van der Waals surface area contributed by atoms with Crippen LogP contribution in [-0.4, -0.2) is 38.3 Å². The molecular formula is C22H27NO6. The van der Waals surface area contributed by atoms with Crippen molar-refractivity contribution in [1.29, 1.82) is 0 Å². The van der Waals surface area contributed by atoms with Crippen LogP contribution in [0.5, 0.6) is 17.2 Å². The minimum atomic E-state index is -0.815. The Morgan fingerprint density at radius 2 is 1.72 bits per heavy atom. The third-order valence-electron chi connectivity index (χ3n) is 4.76. The first-order chi connectivity index (χ1) is 13.9. The number of hydrogen-bond donors (Lipinski definition) is 2. The molecule has 2 N–H and O–H groups in total. The van der Waals surface area contributed by atoms with Crippen molar-refractivity contribution in [1.82, 2.24) is 5.32 Å². The van der Waals surface area contributed by atoms with Gasteiger partial charge in [0.2, 0.25) is 0 Å². The summed E-state index contributed by atoms with van der Waals surface area (Å²) < 4.78 is 15.8. The summed E-state index contributed by atoms with van der Waals surface area (Å²) in [5.41, 5.74) is 2.04. The summed E-state index contributed by atoms with van der Waals surface area (Å²) in [6, 6.07) is 10.5. The molecule has 0 bridgehead atoms. The molecule has 7 nitrogen and oxygen atoms in total. The second kappa shape index (κ2) is 10.4. The highest BCUT2D eigenvalue weighted by molar-refractivity contribution is 5.97. The number of methoxy groups -OCH3 is 3. The van der Waals surface area contributed by atoms with Crippen LogP contribution in [0.2, 0.25) is 0 Å². The molecule has 0 aromatic heterocycles. The summed E-state index contributed by atoms with van der Waals surface area (Å²) in [4.78, 5) is 24.0. The van der Waals surface area contributed by atoms with Gasteiger partial charge in [0.1, 0.15) is 17.2 Å². The Morgan fingerprint density at radius 3 is 2.31 bits per heavy atom. The number of amides is 1. The van der Waals surface area contributed by atoms with Crippen molar-refractivity contribution >= 4 is 11.9 Å². The first-order valence-corrected chi connectivity index (χ1v) is 9.32. The quantitative estimate of drug-likeness (QED) is 0.634. The lowest BCUT2D eigenvalue weighted by molar-refractivity contribution is -0.141. The van der Waals surface area contributed by atoms with E-state index in [1.807, 2.05) is 19.1 Å². The van der Waals surface area contributed by atoms with E-state index in [1.165, 1.54) is 7.11 Å². The smallest absolute Gasteiger partial charge is 0.306 e. The van der Waals surface area contributed by atoms with Gasteiger partial charge in [0.25, 0.3) is 5.91 Å². The number of nitrogens with one attached hydrogen (secondary N) is 1. The van der Waals surface area contributed by atoms with Crippen molar-refractivity contribution in [3.05, 3.63) is 53.1 Å². The van der Waals surface area contributed by atoms with E-state index in [4.69, 9.17) is 14.2 Å². The van der Waals surface area contributed by atoms with Crippen LogP contribution in [0.3, 0.4) is 0 Å². The second-order valence-corrected chi connectivity index (χ2v) is 6.54. The number of benzene rings is 2. The maximum absolute atomic E-state index is 12.6. The van der Waals surface area contributed by atoms with Gasteiger partial charge in [-0.25, -0.2) is 0 Å². The molecular weight excluding hydrogens is 374 g/mol. The average molecular weight is 401 g/mol. The van der Waals surface area contributed by atoms with Gasteiger partial charge < -0.3 is 24.6 Å². The zero-order valence-electron chi connectivity index (χ0n) is 17.2. The Labute approximate surface area is 170 Å². The zero-order chi connectivity index (χ0) is 21.4. The number of hydrogen-bond acceptors (Lipinski definition) is 5. The van der Waals surface area contributed by atoms with Gasteiger partial charge in [0.05, 0.1) is 32.8 Å². The van der Waals surface area contributed by atoms with E-state index in [1.54, 1.807) is 38.5 Å². The fourth-order valence-electron chi connectivity index (χ4n) is 3.04. The zero-order valence-corrected chi connectivity index (χ0v) is 17.2.